The highest BCUT2D eigenvalue weighted by atomic mass is 32.1. The smallest absolute Gasteiger partial charge is 0.159 e. The molecule has 0 aliphatic rings. The van der Waals surface area contributed by atoms with Crippen LogP contribution in [0.25, 0.3) is 173 Å². The molecule has 0 amide bonds. The predicted molar refractivity (Wildman–Crippen MR) is 332 cm³/mol. The molecule has 0 saturated carbocycles. The van der Waals surface area contributed by atoms with Gasteiger partial charge in [-0.2, -0.15) is 0 Å². The van der Waals surface area contributed by atoms with Crippen LogP contribution in [0.1, 0.15) is 0 Å². The first-order valence-electron chi connectivity index (χ1n) is 26.5. The third-order valence-corrected chi connectivity index (χ3v) is 18.8. The fourth-order valence-electron chi connectivity index (χ4n) is 12.9. The number of hydrogen-bond donors (Lipinski definition) is 0. The predicted octanol–water partition coefficient (Wildman–Crippen LogP) is 21.4. The van der Waals surface area contributed by atoms with Gasteiger partial charge < -0.3 is 18.0 Å². The number of fused-ring (bicyclic) bond motifs is 18. The van der Waals surface area contributed by atoms with Crippen LogP contribution in [0.15, 0.2) is 251 Å². The largest absolute Gasteiger partial charge is 0.454 e. The number of rotatable bonds is 5. The molecular weight excluding hydrogens is 989 g/mol. The van der Waals surface area contributed by atoms with Crippen LogP contribution in [0.2, 0.25) is 0 Å². The third kappa shape index (κ3) is 6.04. The van der Waals surface area contributed by atoms with Crippen molar-refractivity contribution in [3.63, 3.8) is 0 Å². The molecule has 4 nitrogen and oxygen atoms in total. The summed E-state index contributed by atoms with van der Waals surface area (Å²) in [5.41, 5.74) is 17.1. The quantitative estimate of drug-likeness (QED) is 0.172. The van der Waals surface area contributed by atoms with Gasteiger partial charge in [-0.25, -0.2) is 0 Å². The lowest BCUT2D eigenvalue weighted by Crippen LogP contribution is -1.94. The minimum absolute atomic E-state index is 0.878. The van der Waals surface area contributed by atoms with Crippen molar-refractivity contribution in [3.8, 4) is 44.8 Å². The number of para-hydroxylation sites is 4. The Morgan fingerprint density at radius 3 is 0.936 bits per heavy atom. The molecular formula is C72H40N2O2S2. The SMILES string of the molecule is c1ccc2c(c1)oc1c(-n3c4ccc(-c5ccc6sc7ccccc7c6c5)cc4c4cc(-c5ccc6c(c5)c5cc(-c7ccc8sc9ccccc9c8c7)ccc5n6-c5cccc6c5oc5ccccc56)ccc43)cccc12. The van der Waals surface area contributed by atoms with Gasteiger partial charge >= 0.3 is 0 Å². The van der Waals surface area contributed by atoms with Gasteiger partial charge in [0.2, 0.25) is 0 Å². The molecule has 6 aromatic heterocycles. The minimum atomic E-state index is 0.878. The summed E-state index contributed by atoms with van der Waals surface area (Å²) in [7, 11) is 0. The van der Waals surface area contributed by atoms with E-state index in [0.29, 0.717) is 0 Å². The fraction of sp³-hybridized carbons (Fsp3) is 0. The van der Waals surface area contributed by atoms with Gasteiger partial charge in [0.1, 0.15) is 11.2 Å². The molecule has 78 heavy (non-hydrogen) atoms. The van der Waals surface area contributed by atoms with E-state index in [9.17, 15) is 0 Å². The van der Waals surface area contributed by atoms with Crippen LogP contribution >= 0.6 is 22.7 Å². The Balaban J connectivity index is 0.865. The Morgan fingerprint density at radius 1 is 0.231 bits per heavy atom. The second-order valence-electron chi connectivity index (χ2n) is 20.7. The molecule has 0 unspecified atom stereocenters. The Bertz CT molecular complexity index is 5250. The van der Waals surface area contributed by atoms with Crippen molar-refractivity contribution in [2.24, 2.45) is 0 Å². The first-order valence-corrected chi connectivity index (χ1v) is 28.1. The molecule has 0 bridgehead atoms. The minimum Gasteiger partial charge on any atom is -0.454 e. The van der Waals surface area contributed by atoms with Crippen LogP contribution < -0.4 is 0 Å². The summed E-state index contributed by atoms with van der Waals surface area (Å²) >= 11 is 3.72. The van der Waals surface area contributed by atoms with Crippen LogP contribution in [-0.4, -0.2) is 9.13 Å². The van der Waals surface area contributed by atoms with Crippen molar-refractivity contribution in [3.05, 3.63) is 243 Å². The van der Waals surface area contributed by atoms with E-state index in [1.54, 1.807) is 0 Å². The lowest BCUT2D eigenvalue weighted by atomic mass is 9.98. The molecule has 0 saturated heterocycles. The number of benzene rings is 12. The summed E-state index contributed by atoms with van der Waals surface area (Å²) in [6.45, 7) is 0. The van der Waals surface area contributed by atoms with E-state index in [2.05, 4.69) is 240 Å². The average molecular weight is 1030 g/mol. The molecule has 6 heteroatoms. The summed E-state index contributed by atoms with van der Waals surface area (Å²) in [6, 6.07) is 89.2. The van der Waals surface area contributed by atoms with Crippen molar-refractivity contribution < 1.29 is 8.83 Å². The molecule has 0 fully saturated rings. The topological polar surface area (TPSA) is 36.1 Å². The molecule has 0 aliphatic carbocycles. The number of nitrogens with zero attached hydrogens (tertiary/aromatic N) is 2. The zero-order valence-electron chi connectivity index (χ0n) is 41.6. The highest BCUT2D eigenvalue weighted by Crippen LogP contribution is 2.45. The number of furan rings is 2. The molecule has 18 rings (SSSR count). The van der Waals surface area contributed by atoms with Gasteiger partial charge in [-0.15, -0.1) is 22.7 Å². The van der Waals surface area contributed by atoms with Crippen LogP contribution in [0.4, 0.5) is 0 Å². The Morgan fingerprint density at radius 2 is 0.538 bits per heavy atom. The second kappa shape index (κ2) is 15.9. The molecule has 362 valence electrons. The molecule has 12 aromatic carbocycles. The van der Waals surface area contributed by atoms with Crippen LogP contribution in [0.5, 0.6) is 0 Å². The molecule has 0 atom stereocenters. The lowest BCUT2D eigenvalue weighted by molar-refractivity contribution is 0.666. The van der Waals surface area contributed by atoms with Gasteiger partial charge in [0.15, 0.2) is 11.2 Å². The van der Waals surface area contributed by atoms with Gasteiger partial charge in [0.25, 0.3) is 0 Å². The van der Waals surface area contributed by atoms with Crippen molar-refractivity contribution in [1.82, 2.24) is 9.13 Å². The van der Waals surface area contributed by atoms with Gasteiger partial charge in [-0.3, -0.25) is 0 Å². The zero-order valence-corrected chi connectivity index (χ0v) is 43.3. The fourth-order valence-corrected chi connectivity index (χ4v) is 15.1. The molecule has 0 N–H and O–H groups in total. The number of aromatic nitrogens is 2. The Kier molecular flexibility index (Phi) is 8.67. The first kappa shape index (κ1) is 42.5. The maximum atomic E-state index is 6.75. The number of thiophene rings is 2. The van der Waals surface area contributed by atoms with Gasteiger partial charge in [-0.1, -0.05) is 133 Å². The second-order valence-corrected chi connectivity index (χ2v) is 22.9. The highest BCUT2D eigenvalue weighted by Gasteiger charge is 2.22. The monoisotopic (exact) mass is 1030 g/mol. The van der Waals surface area contributed by atoms with Crippen molar-refractivity contribution in [2.45, 2.75) is 0 Å². The summed E-state index contributed by atoms with van der Waals surface area (Å²) in [5, 5.41) is 14.4. The lowest BCUT2D eigenvalue weighted by Gasteiger charge is -2.10. The molecule has 18 aromatic rings. The maximum absolute atomic E-state index is 6.75. The number of hydrogen-bond acceptors (Lipinski definition) is 4. The van der Waals surface area contributed by atoms with Crippen molar-refractivity contribution in [1.29, 1.82) is 0 Å². The molecule has 0 spiro atoms. The highest BCUT2D eigenvalue weighted by molar-refractivity contribution is 7.26. The summed E-state index contributed by atoms with van der Waals surface area (Å²) in [6.07, 6.45) is 0. The van der Waals surface area contributed by atoms with Crippen LogP contribution in [0.3, 0.4) is 0 Å². The van der Waals surface area contributed by atoms with Crippen LogP contribution in [-0.2, 0) is 0 Å². The van der Waals surface area contributed by atoms with E-state index in [4.69, 9.17) is 8.83 Å². The van der Waals surface area contributed by atoms with E-state index in [-0.39, 0.29) is 0 Å². The van der Waals surface area contributed by atoms with E-state index in [1.807, 2.05) is 34.8 Å². The first-order chi connectivity index (χ1) is 38.6. The Labute approximate surface area is 453 Å². The molecule has 0 radical (unpaired) electrons. The Hall–Kier alpha value is -9.72. The molecule has 0 aliphatic heterocycles. The van der Waals surface area contributed by atoms with E-state index in [0.717, 1.165) is 88.4 Å². The van der Waals surface area contributed by atoms with Crippen molar-refractivity contribution >= 4 is 151 Å². The third-order valence-electron chi connectivity index (χ3n) is 16.5. The normalized spacial score (nSPS) is 12.4. The van der Waals surface area contributed by atoms with Crippen molar-refractivity contribution in [2.75, 3.05) is 0 Å². The van der Waals surface area contributed by atoms with E-state index < -0.39 is 0 Å². The maximum Gasteiger partial charge on any atom is 0.159 e. The van der Waals surface area contributed by atoms with Gasteiger partial charge in [-0.05, 0) is 143 Å². The van der Waals surface area contributed by atoms with Gasteiger partial charge in [0.05, 0.1) is 33.4 Å². The summed E-state index contributed by atoms with van der Waals surface area (Å²) in [4.78, 5) is 0. The summed E-state index contributed by atoms with van der Waals surface area (Å²) in [5.74, 6) is 0. The van der Waals surface area contributed by atoms with E-state index >= 15 is 0 Å². The van der Waals surface area contributed by atoms with Crippen LogP contribution in [0, 0.1) is 0 Å². The summed E-state index contributed by atoms with van der Waals surface area (Å²) < 4.78 is 23.5. The van der Waals surface area contributed by atoms with Gasteiger partial charge in [0, 0.05) is 83.4 Å². The zero-order chi connectivity index (χ0) is 50.7. The molecule has 6 heterocycles. The average Bonchev–Trinajstić information content (AvgIpc) is 4.51. The van der Waals surface area contributed by atoms with E-state index in [1.165, 1.54) is 84.1 Å². The standard InChI is InChI=1S/C72H40N2O2S2/c1-5-19-65-47(11-1)51-15-9-17-63(71(51)75-65)73-59-29-23-41(35-53(59)55-37-43(25-31-61(55)73)45-27-33-69-57(39-45)49-13-3-7-21-67(49)77-69)42-24-30-60-54(36-42)56-38-44(46-28-34-70-58(40-46)50-14-4-8-22-68(50)78-70)26-32-62(56)74(60)64-18-10-16-52-48-12-2-6-20-66(48)76-72(52)64/h1-40H.